The second kappa shape index (κ2) is 13.0. The van der Waals surface area contributed by atoms with Crippen molar-refractivity contribution in [2.24, 2.45) is 0 Å². The minimum Gasteiger partial charge on any atom is -0.493 e. The van der Waals surface area contributed by atoms with E-state index in [2.05, 4.69) is 114 Å². The van der Waals surface area contributed by atoms with Crippen molar-refractivity contribution in [2.45, 2.75) is 20.8 Å². The molecule has 0 unspecified atom stereocenters. The number of ether oxygens (including phenoxy) is 3. The first kappa shape index (κ1) is 28.6. The van der Waals surface area contributed by atoms with E-state index in [1.54, 1.807) is 0 Å². The summed E-state index contributed by atoms with van der Waals surface area (Å²) in [5.41, 5.74) is 2.92. The molecule has 0 aliphatic heterocycles. The normalized spacial score (nSPS) is 10.9. The van der Waals surface area contributed by atoms with Crippen LogP contribution in [-0.2, 0) is 0 Å². The predicted molar refractivity (Wildman–Crippen MR) is 164 cm³/mol. The topological polar surface area (TPSA) is 27.7 Å². The summed E-state index contributed by atoms with van der Waals surface area (Å²) in [4.78, 5) is 0. The monoisotopic (exact) mass is 842 g/mol. The third-order valence-electron chi connectivity index (χ3n) is 4.91. The Morgan fingerprint density at radius 1 is 0.500 bits per heavy atom. The van der Waals surface area contributed by atoms with Gasteiger partial charge in [-0.3, -0.25) is 0 Å². The average molecular weight is 848 g/mol. The maximum Gasteiger partial charge on any atom is 0.255 e. The highest BCUT2D eigenvalue weighted by Gasteiger charge is 2.34. The lowest BCUT2D eigenvalue weighted by molar-refractivity contribution is 0.339. The molecular formula is C24H21BBr6O3. The smallest absolute Gasteiger partial charge is 0.255 e. The zero-order valence-corrected chi connectivity index (χ0v) is 28.2. The van der Waals surface area contributed by atoms with Crippen molar-refractivity contribution in [1.82, 2.24) is 0 Å². The van der Waals surface area contributed by atoms with Crippen molar-refractivity contribution in [2.75, 3.05) is 19.8 Å². The minimum absolute atomic E-state index is 0.277. The SMILES string of the molecule is CCOc1c(Br)cc(Br)cc1B(c1cc(Br)cc(Br)c1OCC)c1cc(Br)cc(Br)c1OCC. The van der Waals surface area contributed by atoms with Gasteiger partial charge in [-0.1, -0.05) is 47.8 Å². The highest BCUT2D eigenvalue weighted by atomic mass is 79.9. The molecule has 0 fully saturated rings. The number of hydrogen-bond acceptors (Lipinski definition) is 3. The molecule has 0 aromatic heterocycles. The van der Waals surface area contributed by atoms with E-state index < -0.39 is 0 Å². The first-order valence-corrected chi connectivity index (χ1v) is 15.3. The number of benzene rings is 3. The lowest BCUT2D eigenvalue weighted by Gasteiger charge is -2.25. The van der Waals surface area contributed by atoms with Gasteiger partial charge in [0, 0.05) is 13.4 Å². The number of halogens is 6. The third kappa shape index (κ3) is 6.46. The van der Waals surface area contributed by atoms with Gasteiger partial charge in [-0.25, -0.2) is 0 Å². The summed E-state index contributed by atoms with van der Waals surface area (Å²) in [6.45, 7) is 7.26. The van der Waals surface area contributed by atoms with Gasteiger partial charge in [-0.15, -0.1) is 0 Å². The molecule has 0 spiro atoms. The van der Waals surface area contributed by atoms with E-state index in [1.807, 2.05) is 39.0 Å². The Labute approximate surface area is 251 Å². The highest BCUT2D eigenvalue weighted by Crippen LogP contribution is 2.33. The lowest BCUT2D eigenvalue weighted by atomic mass is 9.36. The van der Waals surface area contributed by atoms with Gasteiger partial charge in [-0.2, -0.15) is 0 Å². The average Bonchev–Trinajstić information content (AvgIpc) is 2.75. The molecule has 3 rings (SSSR count). The van der Waals surface area contributed by atoms with E-state index in [0.717, 1.165) is 60.5 Å². The van der Waals surface area contributed by atoms with E-state index in [0.29, 0.717) is 19.8 Å². The summed E-state index contributed by atoms with van der Waals surface area (Å²) in [6, 6.07) is 12.3. The summed E-state index contributed by atoms with van der Waals surface area (Å²) < 4.78 is 23.9. The van der Waals surface area contributed by atoms with Crippen molar-refractivity contribution in [3.05, 3.63) is 63.2 Å². The highest BCUT2D eigenvalue weighted by molar-refractivity contribution is 9.11. The summed E-state index contributed by atoms with van der Waals surface area (Å²) >= 11 is 22.2. The summed E-state index contributed by atoms with van der Waals surface area (Å²) in [6.07, 6.45) is 0. The molecule has 0 saturated carbocycles. The summed E-state index contributed by atoms with van der Waals surface area (Å²) in [5.74, 6) is 2.31. The minimum atomic E-state index is -0.277. The quantitative estimate of drug-likeness (QED) is 0.205. The third-order valence-corrected chi connectivity index (χ3v) is 8.05. The molecule has 3 nitrogen and oxygen atoms in total. The van der Waals surface area contributed by atoms with Crippen LogP contribution in [0.1, 0.15) is 20.8 Å². The molecule has 0 N–H and O–H groups in total. The van der Waals surface area contributed by atoms with Crippen molar-refractivity contribution in [3.8, 4) is 17.2 Å². The zero-order chi connectivity index (χ0) is 25.0. The molecule has 0 saturated heterocycles. The van der Waals surface area contributed by atoms with Crippen molar-refractivity contribution >= 4 is 119 Å². The fraction of sp³-hybridized carbons (Fsp3) is 0.250. The van der Waals surface area contributed by atoms with Gasteiger partial charge in [0.05, 0.1) is 33.2 Å². The first-order chi connectivity index (χ1) is 16.2. The first-order valence-electron chi connectivity index (χ1n) is 10.6. The Bertz CT molecular complexity index is 1040. The van der Waals surface area contributed by atoms with Crippen molar-refractivity contribution < 1.29 is 14.2 Å². The van der Waals surface area contributed by atoms with Gasteiger partial charge < -0.3 is 14.2 Å². The Morgan fingerprint density at radius 3 is 1.00 bits per heavy atom. The van der Waals surface area contributed by atoms with Crippen LogP contribution in [0.3, 0.4) is 0 Å². The van der Waals surface area contributed by atoms with E-state index in [9.17, 15) is 0 Å². The van der Waals surface area contributed by atoms with Crippen LogP contribution in [0.15, 0.2) is 63.2 Å². The largest absolute Gasteiger partial charge is 0.493 e. The van der Waals surface area contributed by atoms with E-state index in [4.69, 9.17) is 14.2 Å². The van der Waals surface area contributed by atoms with Crippen LogP contribution in [0.5, 0.6) is 17.2 Å². The van der Waals surface area contributed by atoms with E-state index in [-0.39, 0.29) is 6.71 Å². The standard InChI is InChI=1S/C24H21BBr6O3/c1-4-32-22-16(7-13(26)10-19(22)29)25(17-8-14(27)11-20(30)23(17)33-5-2)18-9-15(28)12-21(31)24(18)34-6-3/h7-12H,4-6H2,1-3H3. The molecule has 34 heavy (non-hydrogen) atoms. The van der Waals surface area contributed by atoms with E-state index >= 15 is 0 Å². The molecule has 0 amide bonds. The van der Waals surface area contributed by atoms with Crippen LogP contribution in [0, 0.1) is 0 Å². The van der Waals surface area contributed by atoms with Crippen LogP contribution in [-0.4, -0.2) is 26.5 Å². The fourth-order valence-corrected chi connectivity index (χ4v) is 7.89. The Kier molecular flexibility index (Phi) is 10.9. The van der Waals surface area contributed by atoms with Gasteiger partial charge in [0.25, 0.3) is 6.71 Å². The molecular weight excluding hydrogens is 826 g/mol. The number of hydrogen-bond donors (Lipinski definition) is 0. The van der Waals surface area contributed by atoms with Gasteiger partial charge >= 0.3 is 0 Å². The summed E-state index contributed by atoms with van der Waals surface area (Å²) in [7, 11) is 0. The second-order valence-electron chi connectivity index (χ2n) is 7.15. The Balaban J connectivity index is 2.50. The molecule has 0 bridgehead atoms. The molecule has 180 valence electrons. The maximum atomic E-state index is 6.17. The molecule has 0 aliphatic carbocycles. The fourth-order valence-electron chi connectivity index (χ4n) is 3.78. The van der Waals surface area contributed by atoms with Crippen LogP contribution in [0.4, 0.5) is 0 Å². The second-order valence-corrected chi connectivity index (χ2v) is 12.5. The zero-order valence-electron chi connectivity index (χ0n) is 18.7. The van der Waals surface area contributed by atoms with E-state index in [1.165, 1.54) is 0 Å². The van der Waals surface area contributed by atoms with Gasteiger partial charge in [0.1, 0.15) is 17.2 Å². The Morgan fingerprint density at radius 2 is 0.765 bits per heavy atom. The number of rotatable bonds is 9. The molecule has 10 heteroatoms. The molecule has 0 radical (unpaired) electrons. The molecule has 3 aromatic carbocycles. The van der Waals surface area contributed by atoms with Crippen molar-refractivity contribution in [1.29, 1.82) is 0 Å². The van der Waals surface area contributed by atoms with Crippen LogP contribution >= 0.6 is 95.6 Å². The molecule has 0 heterocycles. The van der Waals surface area contributed by atoms with Crippen molar-refractivity contribution in [3.63, 3.8) is 0 Å². The lowest BCUT2D eigenvalue weighted by Crippen LogP contribution is -2.53. The molecule has 0 aliphatic rings. The van der Waals surface area contributed by atoms with Gasteiger partial charge in [0.2, 0.25) is 0 Å². The van der Waals surface area contributed by atoms with Gasteiger partial charge in [0.15, 0.2) is 0 Å². The Hall–Kier alpha value is 0.00494. The maximum absolute atomic E-state index is 6.17. The summed E-state index contributed by atoms with van der Waals surface area (Å²) in [5, 5.41) is 0. The predicted octanol–water partition coefficient (Wildman–Crippen LogP) is 7.97. The van der Waals surface area contributed by atoms with Crippen LogP contribution < -0.4 is 30.6 Å². The molecule has 0 atom stereocenters. The van der Waals surface area contributed by atoms with Crippen LogP contribution in [0.2, 0.25) is 0 Å². The molecule has 3 aromatic rings. The van der Waals surface area contributed by atoms with Crippen LogP contribution in [0.25, 0.3) is 0 Å². The van der Waals surface area contributed by atoms with Gasteiger partial charge in [-0.05, 0) is 121 Å².